The molecule has 3 N–H and O–H groups in total. The van der Waals surface area contributed by atoms with E-state index >= 15 is 0 Å². The third kappa shape index (κ3) is 3.55. The lowest BCUT2D eigenvalue weighted by Crippen LogP contribution is -2.30. The Balaban J connectivity index is 1.94. The Morgan fingerprint density at radius 3 is 2.71 bits per heavy atom. The van der Waals surface area contributed by atoms with Crippen LogP contribution in [0.15, 0.2) is 47.7 Å². The zero-order valence-corrected chi connectivity index (χ0v) is 17.0. The molecule has 156 valence electrons. The van der Waals surface area contributed by atoms with Crippen molar-refractivity contribution in [3.63, 3.8) is 0 Å². The molecule has 1 aromatic carbocycles. The Morgan fingerprint density at radius 1 is 1.29 bits per heavy atom. The number of hydrogen-bond acceptors (Lipinski definition) is 7. The predicted octanol–water partition coefficient (Wildman–Crippen LogP) is 3.08. The Labute approximate surface area is 180 Å². The molecule has 0 saturated heterocycles. The van der Waals surface area contributed by atoms with E-state index < -0.39 is 17.4 Å². The van der Waals surface area contributed by atoms with Gasteiger partial charge < -0.3 is 11.1 Å². The van der Waals surface area contributed by atoms with Crippen molar-refractivity contribution in [2.24, 2.45) is 0 Å². The molecule has 0 amide bonds. The molecule has 3 heterocycles. The molecule has 1 atom stereocenters. The summed E-state index contributed by atoms with van der Waals surface area (Å²) in [5.41, 5.74) is 6.05. The quantitative estimate of drug-likeness (QED) is 0.490. The summed E-state index contributed by atoms with van der Waals surface area (Å²) in [5.74, 6) is 0.132. The fourth-order valence-electron chi connectivity index (χ4n) is 3.25. The van der Waals surface area contributed by atoms with Gasteiger partial charge in [-0.2, -0.15) is 10.4 Å². The summed E-state index contributed by atoms with van der Waals surface area (Å²) < 4.78 is 16.3. The van der Waals surface area contributed by atoms with Gasteiger partial charge in [0.15, 0.2) is 5.82 Å². The molecule has 9 nitrogen and oxygen atoms in total. The number of halogens is 2. The van der Waals surface area contributed by atoms with E-state index in [4.69, 9.17) is 17.3 Å². The molecular weight excluding hydrogens is 423 g/mol. The van der Waals surface area contributed by atoms with E-state index in [0.29, 0.717) is 17.9 Å². The van der Waals surface area contributed by atoms with Gasteiger partial charge in [0.1, 0.15) is 40.9 Å². The van der Waals surface area contributed by atoms with Crippen molar-refractivity contribution >= 4 is 28.8 Å². The summed E-state index contributed by atoms with van der Waals surface area (Å²) >= 11 is 6.20. The zero-order valence-electron chi connectivity index (χ0n) is 16.3. The standard InChI is InChI=1S/C20H16ClFN8O/c1-2-15(27-18-13(9-23)17(24)25-10-26-18)19-28-29-8-7-14(21)16(29)20(31)30(19)12-5-3-11(22)4-6-12/h3-8,10,15H,2H2,1H3,(H3,24,25,26,27). The van der Waals surface area contributed by atoms with Crippen LogP contribution in [0.3, 0.4) is 0 Å². The van der Waals surface area contributed by atoms with E-state index in [9.17, 15) is 14.4 Å². The smallest absolute Gasteiger partial charge is 0.284 e. The van der Waals surface area contributed by atoms with Crippen LogP contribution in [0.25, 0.3) is 11.2 Å². The Kier molecular flexibility index (Phi) is 5.27. The van der Waals surface area contributed by atoms with E-state index in [1.54, 1.807) is 12.3 Å². The average molecular weight is 439 g/mol. The molecule has 3 aromatic heterocycles. The fraction of sp³-hybridized carbons (Fsp3) is 0.150. The van der Waals surface area contributed by atoms with Gasteiger partial charge in [-0.05, 0) is 36.8 Å². The number of aromatic nitrogens is 5. The van der Waals surface area contributed by atoms with Gasteiger partial charge in [0.2, 0.25) is 0 Å². The van der Waals surface area contributed by atoms with Gasteiger partial charge in [0.25, 0.3) is 5.56 Å². The maximum absolute atomic E-state index is 13.5. The lowest BCUT2D eigenvalue weighted by Gasteiger charge is -2.22. The number of nitrogens with one attached hydrogen (secondary N) is 1. The van der Waals surface area contributed by atoms with Crippen LogP contribution >= 0.6 is 11.6 Å². The molecule has 4 aromatic rings. The number of fused-ring (bicyclic) bond motifs is 1. The summed E-state index contributed by atoms with van der Waals surface area (Å²) in [6.45, 7) is 1.88. The molecule has 11 heteroatoms. The zero-order chi connectivity index (χ0) is 22.1. The summed E-state index contributed by atoms with van der Waals surface area (Å²) in [6.07, 6.45) is 3.29. The highest BCUT2D eigenvalue weighted by molar-refractivity contribution is 6.33. The van der Waals surface area contributed by atoms with Crippen LogP contribution in [0.1, 0.15) is 30.8 Å². The molecule has 0 fully saturated rings. The van der Waals surface area contributed by atoms with Gasteiger partial charge in [-0.25, -0.2) is 18.9 Å². The van der Waals surface area contributed by atoms with Crippen LogP contribution in [-0.4, -0.2) is 24.1 Å². The van der Waals surface area contributed by atoms with Crippen molar-refractivity contribution in [3.05, 3.63) is 75.4 Å². The van der Waals surface area contributed by atoms with Crippen molar-refractivity contribution in [2.45, 2.75) is 19.4 Å². The van der Waals surface area contributed by atoms with Gasteiger partial charge >= 0.3 is 0 Å². The average Bonchev–Trinajstić information content (AvgIpc) is 3.14. The van der Waals surface area contributed by atoms with Crippen molar-refractivity contribution in [1.29, 1.82) is 5.26 Å². The maximum Gasteiger partial charge on any atom is 0.284 e. The molecule has 0 spiro atoms. The first-order valence-corrected chi connectivity index (χ1v) is 9.65. The first kappa shape index (κ1) is 20.3. The first-order chi connectivity index (χ1) is 14.9. The molecule has 0 bridgehead atoms. The molecule has 0 aliphatic heterocycles. The van der Waals surface area contributed by atoms with Crippen LogP contribution < -0.4 is 16.6 Å². The van der Waals surface area contributed by atoms with Crippen molar-refractivity contribution < 1.29 is 4.39 Å². The van der Waals surface area contributed by atoms with Crippen LogP contribution in [0.2, 0.25) is 5.02 Å². The Morgan fingerprint density at radius 2 is 2.03 bits per heavy atom. The molecule has 4 rings (SSSR count). The molecule has 0 aliphatic rings. The predicted molar refractivity (Wildman–Crippen MR) is 114 cm³/mol. The molecule has 0 aliphatic carbocycles. The van der Waals surface area contributed by atoms with E-state index in [-0.39, 0.29) is 27.7 Å². The minimum Gasteiger partial charge on any atom is -0.382 e. The second-order valence-electron chi connectivity index (χ2n) is 6.63. The number of nitrogens with zero attached hydrogens (tertiary/aromatic N) is 6. The normalized spacial score (nSPS) is 11.9. The van der Waals surface area contributed by atoms with Crippen LogP contribution in [-0.2, 0) is 0 Å². The molecule has 0 radical (unpaired) electrons. The minimum atomic E-state index is -0.551. The summed E-state index contributed by atoms with van der Waals surface area (Å²) in [6, 6.07) is 8.45. The number of benzene rings is 1. The number of hydrogen-bond donors (Lipinski definition) is 2. The van der Waals surface area contributed by atoms with Crippen molar-refractivity contribution in [1.82, 2.24) is 24.1 Å². The van der Waals surface area contributed by atoms with Crippen LogP contribution in [0.5, 0.6) is 0 Å². The molecule has 0 saturated carbocycles. The molecular formula is C20H16ClFN8O. The lowest BCUT2D eigenvalue weighted by molar-refractivity contribution is 0.615. The summed E-state index contributed by atoms with van der Waals surface area (Å²) in [4.78, 5) is 21.3. The minimum absolute atomic E-state index is 0.0337. The third-order valence-corrected chi connectivity index (χ3v) is 5.07. The van der Waals surface area contributed by atoms with E-state index in [2.05, 4.69) is 20.4 Å². The van der Waals surface area contributed by atoms with E-state index in [1.165, 1.54) is 39.7 Å². The number of nitrogen functional groups attached to an aromatic ring is 1. The second-order valence-corrected chi connectivity index (χ2v) is 7.04. The largest absolute Gasteiger partial charge is 0.382 e. The van der Waals surface area contributed by atoms with Crippen LogP contribution in [0, 0.1) is 17.1 Å². The number of nitrogens with two attached hydrogens (primary N) is 1. The van der Waals surface area contributed by atoms with Gasteiger partial charge in [-0.15, -0.1) is 0 Å². The van der Waals surface area contributed by atoms with Gasteiger partial charge in [-0.3, -0.25) is 9.36 Å². The van der Waals surface area contributed by atoms with Crippen molar-refractivity contribution in [3.8, 4) is 11.8 Å². The van der Waals surface area contributed by atoms with Gasteiger partial charge in [0.05, 0.1) is 16.8 Å². The van der Waals surface area contributed by atoms with Gasteiger partial charge in [0, 0.05) is 6.20 Å². The maximum atomic E-state index is 13.5. The fourth-order valence-corrected chi connectivity index (χ4v) is 3.47. The first-order valence-electron chi connectivity index (χ1n) is 9.27. The monoisotopic (exact) mass is 438 g/mol. The summed E-state index contributed by atoms with van der Waals surface area (Å²) in [5, 5.41) is 17.4. The second kappa shape index (κ2) is 8.04. The molecule has 1 unspecified atom stereocenters. The highest BCUT2D eigenvalue weighted by Gasteiger charge is 2.23. The molecule has 31 heavy (non-hydrogen) atoms. The van der Waals surface area contributed by atoms with Gasteiger partial charge in [-0.1, -0.05) is 18.5 Å². The topological polar surface area (TPSA) is 127 Å². The van der Waals surface area contributed by atoms with E-state index in [0.717, 1.165) is 0 Å². The highest BCUT2D eigenvalue weighted by atomic mass is 35.5. The highest BCUT2D eigenvalue weighted by Crippen LogP contribution is 2.26. The van der Waals surface area contributed by atoms with Crippen LogP contribution in [0.4, 0.5) is 16.0 Å². The number of rotatable bonds is 5. The Bertz CT molecular complexity index is 1370. The number of nitriles is 1. The third-order valence-electron chi connectivity index (χ3n) is 4.77. The van der Waals surface area contributed by atoms with Crippen molar-refractivity contribution in [2.75, 3.05) is 11.1 Å². The SMILES string of the molecule is CCC(Nc1ncnc(N)c1C#N)c1nn2ccc(Cl)c2c(=O)n1-c1ccc(F)cc1. The number of anilines is 2. The van der Waals surface area contributed by atoms with E-state index in [1.807, 2.05) is 13.0 Å². The Hall–Kier alpha value is -3.97. The summed E-state index contributed by atoms with van der Waals surface area (Å²) in [7, 11) is 0. The lowest BCUT2D eigenvalue weighted by atomic mass is 10.1.